The first-order valence-corrected chi connectivity index (χ1v) is 9.69. The van der Waals surface area contributed by atoms with Gasteiger partial charge in [-0.05, 0) is 56.3 Å². The summed E-state index contributed by atoms with van der Waals surface area (Å²) in [4.78, 5) is 17.2. The number of piperidine rings is 1. The van der Waals surface area contributed by atoms with Crippen molar-refractivity contribution in [3.05, 3.63) is 48.3 Å². The van der Waals surface area contributed by atoms with Crippen molar-refractivity contribution < 1.29 is 4.79 Å². The first-order chi connectivity index (χ1) is 12.8. The van der Waals surface area contributed by atoms with Crippen LogP contribution in [-0.4, -0.2) is 63.4 Å². The topological polar surface area (TPSA) is 54.3 Å². The van der Waals surface area contributed by atoms with Gasteiger partial charge in [0.2, 0.25) is 0 Å². The second kappa shape index (κ2) is 7.99. The minimum atomic E-state index is 0.180. The van der Waals surface area contributed by atoms with E-state index in [-0.39, 0.29) is 5.91 Å². The SMILES string of the molecule is O=C(c1ccccc1)N1CCC(CN2CCC(Cn3ccnn3)CC2)C1. The number of carbonyl (C=O) groups is 1. The highest BCUT2D eigenvalue weighted by Crippen LogP contribution is 2.24. The third kappa shape index (κ3) is 4.12. The second-order valence-corrected chi connectivity index (χ2v) is 7.64. The molecule has 2 saturated heterocycles. The van der Waals surface area contributed by atoms with Crippen LogP contribution in [0.2, 0.25) is 0 Å². The Morgan fingerprint density at radius 3 is 2.50 bits per heavy atom. The van der Waals surface area contributed by atoms with Crippen LogP contribution in [0.3, 0.4) is 0 Å². The molecule has 0 spiro atoms. The molecule has 1 atom stereocenters. The molecule has 138 valence electrons. The number of hydrogen-bond acceptors (Lipinski definition) is 4. The zero-order chi connectivity index (χ0) is 17.8. The fourth-order valence-corrected chi connectivity index (χ4v) is 4.24. The van der Waals surface area contributed by atoms with Gasteiger partial charge in [0.1, 0.15) is 0 Å². The molecule has 0 N–H and O–H groups in total. The summed E-state index contributed by atoms with van der Waals surface area (Å²) in [6, 6.07) is 9.65. The van der Waals surface area contributed by atoms with Gasteiger partial charge < -0.3 is 9.80 Å². The van der Waals surface area contributed by atoms with Crippen LogP contribution in [0, 0.1) is 11.8 Å². The van der Waals surface area contributed by atoms with Gasteiger partial charge in [-0.2, -0.15) is 0 Å². The number of aromatic nitrogens is 3. The van der Waals surface area contributed by atoms with E-state index in [1.807, 2.05) is 46.1 Å². The van der Waals surface area contributed by atoms with Crippen LogP contribution in [0.5, 0.6) is 0 Å². The van der Waals surface area contributed by atoms with Gasteiger partial charge in [0.05, 0.1) is 6.20 Å². The highest BCUT2D eigenvalue weighted by Gasteiger charge is 2.29. The van der Waals surface area contributed by atoms with Crippen molar-refractivity contribution >= 4 is 5.91 Å². The Bertz CT molecular complexity index is 694. The summed E-state index contributed by atoms with van der Waals surface area (Å²) in [6.07, 6.45) is 7.26. The Morgan fingerprint density at radius 1 is 1.00 bits per heavy atom. The van der Waals surface area contributed by atoms with Crippen LogP contribution in [-0.2, 0) is 6.54 Å². The molecule has 0 aliphatic carbocycles. The van der Waals surface area contributed by atoms with Crippen LogP contribution in [0.4, 0.5) is 0 Å². The first kappa shape index (κ1) is 17.2. The average Bonchev–Trinajstić information content (AvgIpc) is 3.36. The Kier molecular flexibility index (Phi) is 5.29. The fraction of sp³-hybridized carbons (Fsp3) is 0.550. The molecule has 1 amide bonds. The van der Waals surface area contributed by atoms with Gasteiger partial charge in [0.25, 0.3) is 5.91 Å². The van der Waals surface area contributed by atoms with Crippen LogP contribution in [0.15, 0.2) is 42.7 Å². The number of carbonyl (C=O) groups excluding carboxylic acids is 1. The lowest BCUT2D eigenvalue weighted by molar-refractivity contribution is 0.0780. The molecule has 3 heterocycles. The summed E-state index contributed by atoms with van der Waals surface area (Å²) in [6.45, 7) is 6.20. The van der Waals surface area contributed by atoms with Crippen LogP contribution in [0.25, 0.3) is 0 Å². The molecule has 1 aromatic carbocycles. The van der Waals surface area contributed by atoms with E-state index in [0.717, 1.165) is 51.3 Å². The second-order valence-electron chi connectivity index (χ2n) is 7.64. The highest BCUT2D eigenvalue weighted by atomic mass is 16.2. The number of hydrogen-bond donors (Lipinski definition) is 0. The van der Waals surface area contributed by atoms with E-state index in [9.17, 15) is 4.79 Å². The Balaban J connectivity index is 1.22. The summed E-state index contributed by atoms with van der Waals surface area (Å²) in [7, 11) is 0. The first-order valence-electron chi connectivity index (χ1n) is 9.69. The molecule has 2 aromatic rings. The monoisotopic (exact) mass is 353 g/mol. The van der Waals surface area contributed by atoms with Crippen molar-refractivity contribution in [2.75, 3.05) is 32.7 Å². The van der Waals surface area contributed by atoms with E-state index < -0.39 is 0 Å². The van der Waals surface area contributed by atoms with E-state index in [1.165, 1.54) is 12.8 Å². The Hall–Kier alpha value is -2.21. The van der Waals surface area contributed by atoms with Gasteiger partial charge in [-0.15, -0.1) is 5.10 Å². The Morgan fingerprint density at radius 2 is 1.77 bits per heavy atom. The predicted molar refractivity (Wildman–Crippen MR) is 99.6 cm³/mol. The van der Waals surface area contributed by atoms with Crippen molar-refractivity contribution in [1.29, 1.82) is 0 Å². The zero-order valence-corrected chi connectivity index (χ0v) is 15.2. The molecule has 4 rings (SSSR count). The molecule has 6 nitrogen and oxygen atoms in total. The lowest BCUT2D eigenvalue weighted by atomic mass is 9.96. The maximum atomic E-state index is 12.6. The molecule has 1 unspecified atom stereocenters. The molecule has 26 heavy (non-hydrogen) atoms. The third-order valence-electron chi connectivity index (χ3n) is 5.73. The van der Waals surface area contributed by atoms with Crippen LogP contribution >= 0.6 is 0 Å². The minimum Gasteiger partial charge on any atom is -0.338 e. The summed E-state index contributed by atoms with van der Waals surface area (Å²) < 4.78 is 1.95. The van der Waals surface area contributed by atoms with E-state index in [1.54, 1.807) is 6.20 Å². The van der Waals surface area contributed by atoms with Crippen molar-refractivity contribution in [3.8, 4) is 0 Å². The van der Waals surface area contributed by atoms with E-state index in [4.69, 9.17) is 0 Å². The largest absolute Gasteiger partial charge is 0.338 e. The van der Waals surface area contributed by atoms with E-state index >= 15 is 0 Å². The normalized spacial score (nSPS) is 22.0. The molecular formula is C20H27N5O. The summed E-state index contributed by atoms with van der Waals surface area (Å²) in [5.74, 6) is 1.49. The lowest BCUT2D eigenvalue weighted by Crippen LogP contribution is -2.39. The molecular weight excluding hydrogens is 326 g/mol. The van der Waals surface area contributed by atoms with Crippen LogP contribution in [0.1, 0.15) is 29.6 Å². The average molecular weight is 353 g/mol. The van der Waals surface area contributed by atoms with Gasteiger partial charge in [-0.3, -0.25) is 9.48 Å². The molecule has 0 bridgehead atoms. The van der Waals surface area contributed by atoms with Gasteiger partial charge in [0.15, 0.2) is 0 Å². The molecule has 1 aromatic heterocycles. The van der Waals surface area contributed by atoms with Crippen molar-refractivity contribution in [3.63, 3.8) is 0 Å². The van der Waals surface area contributed by atoms with Gasteiger partial charge in [0, 0.05) is 37.9 Å². The quantitative estimate of drug-likeness (QED) is 0.827. The minimum absolute atomic E-state index is 0.180. The maximum absolute atomic E-state index is 12.6. The summed E-state index contributed by atoms with van der Waals surface area (Å²) in [5.41, 5.74) is 0.807. The smallest absolute Gasteiger partial charge is 0.253 e. The molecule has 2 fully saturated rings. The van der Waals surface area contributed by atoms with E-state index in [0.29, 0.717) is 11.8 Å². The molecule has 0 radical (unpaired) electrons. The van der Waals surface area contributed by atoms with Crippen molar-refractivity contribution in [2.24, 2.45) is 11.8 Å². The fourth-order valence-electron chi connectivity index (χ4n) is 4.24. The molecule has 6 heteroatoms. The third-order valence-corrected chi connectivity index (χ3v) is 5.73. The maximum Gasteiger partial charge on any atom is 0.253 e. The van der Waals surface area contributed by atoms with Crippen LogP contribution < -0.4 is 0 Å². The highest BCUT2D eigenvalue weighted by molar-refractivity contribution is 5.94. The Labute approximate surface area is 154 Å². The molecule has 2 aliphatic heterocycles. The van der Waals surface area contributed by atoms with Gasteiger partial charge in [-0.25, -0.2) is 0 Å². The predicted octanol–water partition coefficient (Wildman–Crippen LogP) is 2.15. The van der Waals surface area contributed by atoms with Gasteiger partial charge >= 0.3 is 0 Å². The standard InChI is InChI=1S/C20H27N5O/c26-20(19-4-2-1-3-5-19)24-12-8-18(15-24)14-23-10-6-17(7-11-23)16-25-13-9-21-22-25/h1-5,9,13,17-18H,6-8,10-12,14-16H2. The number of benzene rings is 1. The van der Waals surface area contributed by atoms with Gasteiger partial charge in [-0.1, -0.05) is 23.4 Å². The van der Waals surface area contributed by atoms with Crippen molar-refractivity contribution in [2.45, 2.75) is 25.8 Å². The van der Waals surface area contributed by atoms with Crippen molar-refractivity contribution in [1.82, 2.24) is 24.8 Å². The molecule has 2 aliphatic rings. The summed E-state index contributed by atoms with van der Waals surface area (Å²) >= 11 is 0. The zero-order valence-electron chi connectivity index (χ0n) is 15.2. The number of amides is 1. The van der Waals surface area contributed by atoms with E-state index in [2.05, 4.69) is 15.2 Å². The lowest BCUT2D eigenvalue weighted by Gasteiger charge is -2.33. The number of likely N-dealkylation sites (tertiary alicyclic amines) is 2. The number of rotatable bonds is 5. The molecule has 0 saturated carbocycles. The summed E-state index contributed by atoms with van der Waals surface area (Å²) in [5, 5.41) is 7.96. The number of nitrogens with zero attached hydrogens (tertiary/aromatic N) is 5.